The van der Waals surface area contributed by atoms with Crippen LogP contribution in [0.5, 0.6) is 0 Å². The van der Waals surface area contributed by atoms with Gasteiger partial charge in [0, 0.05) is 30.0 Å². The first-order valence-electron chi connectivity index (χ1n) is 4.91. The van der Waals surface area contributed by atoms with Crippen LogP contribution in [0, 0.1) is 0 Å². The van der Waals surface area contributed by atoms with Crippen LogP contribution in [0.4, 0.5) is 0 Å². The molecule has 2 nitrogen and oxygen atoms in total. The van der Waals surface area contributed by atoms with Crippen molar-refractivity contribution in [2.45, 2.75) is 31.9 Å². The van der Waals surface area contributed by atoms with Gasteiger partial charge in [0.1, 0.15) is 5.78 Å². The lowest BCUT2D eigenvalue weighted by Gasteiger charge is -2.37. The van der Waals surface area contributed by atoms with Gasteiger partial charge in [0.2, 0.25) is 0 Å². The average molecular weight is 201 g/mol. The molecule has 76 valence electrons. The van der Waals surface area contributed by atoms with E-state index < -0.39 is 0 Å². The van der Waals surface area contributed by atoms with Gasteiger partial charge in [-0.2, -0.15) is 11.8 Å². The standard InChI is InChI=1S/C10H19NOS/c1-4-9(12)7-11-5-6-13-10(2,3)8-11/h4-8H2,1-3H3. The molecule has 1 aliphatic heterocycles. The van der Waals surface area contributed by atoms with Crippen molar-refractivity contribution in [1.82, 2.24) is 4.90 Å². The Hall–Kier alpha value is -0.0200. The summed E-state index contributed by atoms with van der Waals surface area (Å²) in [6.07, 6.45) is 0.671. The maximum absolute atomic E-state index is 11.2. The molecule has 0 aromatic heterocycles. The number of hydrogen-bond acceptors (Lipinski definition) is 3. The molecule has 0 N–H and O–H groups in total. The van der Waals surface area contributed by atoms with Crippen LogP contribution in [0.2, 0.25) is 0 Å². The largest absolute Gasteiger partial charge is 0.298 e. The average Bonchev–Trinajstić information content (AvgIpc) is 2.02. The Balaban J connectivity index is 2.39. The van der Waals surface area contributed by atoms with Crippen LogP contribution in [-0.2, 0) is 4.79 Å². The number of nitrogens with zero attached hydrogens (tertiary/aromatic N) is 1. The molecule has 0 aromatic carbocycles. The molecule has 1 heterocycles. The fourth-order valence-corrected chi connectivity index (χ4v) is 2.79. The highest BCUT2D eigenvalue weighted by atomic mass is 32.2. The molecule has 3 heteroatoms. The predicted molar refractivity (Wildman–Crippen MR) is 58.3 cm³/mol. The summed E-state index contributed by atoms with van der Waals surface area (Å²) >= 11 is 2.01. The van der Waals surface area contributed by atoms with Crippen LogP contribution >= 0.6 is 11.8 Å². The van der Waals surface area contributed by atoms with E-state index in [9.17, 15) is 4.79 Å². The van der Waals surface area contributed by atoms with Crippen molar-refractivity contribution < 1.29 is 4.79 Å². The van der Waals surface area contributed by atoms with Gasteiger partial charge < -0.3 is 0 Å². The molecule has 1 rings (SSSR count). The van der Waals surface area contributed by atoms with Gasteiger partial charge in [0.15, 0.2) is 0 Å². The van der Waals surface area contributed by atoms with Gasteiger partial charge in [0.25, 0.3) is 0 Å². The van der Waals surface area contributed by atoms with Gasteiger partial charge in [0.05, 0.1) is 6.54 Å². The summed E-state index contributed by atoms with van der Waals surface area (Å²) < 4.78 is 0.326. The third-order valence-electron chi connectivity index (χ3n) is 2.30. The molecule has 1 saturated heterocycles. The molecule has 0 amide bonds. The zero-order chi connectivity index (χ0) is 9.90. The lowest BCUT2D eigenvalue weighted by atomic mass is 10.1. The molecule has 0 bridgehead atoms. The molecule has 1 fully saturated rings. The number of hydrogen-bond donors (Lipinski definition) is 0. The zero-order valence-electron chi connectivity index (χ0n) is 8.80. The van der Waals surface area contributed by atoms with Crippen molar-refractivity contribution in [3.63, 3.8) is 0 Å². The molecule has 0 spiro atoms. The Morgan fingerprint density at radius 3 is 2.77 bits per heavy atom. The maximum atomic E-state index is 11.2. The van der Waals surface area contributed by atoms with Crippen molar-refractivity contribution in [2.75, 3.05) is 25.4 Å². The number of thioether (sulfide) groups is 1. The normalized spacial score (nSPS) is 23.0. The molecule has 0 unspecified atom stereocenters. The summed E-state index contributed by atoms with van der Waals surface area (Å²) in [6, 6.07) is 0. The Morgan fingerprint density at radius 2 is 2.23 bits per heavy atom. The summed E-state index contributed by atoms with van der Waals surface area (Å²) in [5, 5.41) is 0. The minimum Gasteiger partial charge on any atom is -0.298 e. The predicted octanol–water partition coefficient (Wildman–Crippen LogP) is 1.79. The summed E-state index contributed by atoms with van der Waals surface area (Å²) in [5.74, 6) is 1.52. The van der Waals surface area contributed by atoms with Crippen LogP contribution in [0.3, 0.4) is 0 Å². The van der Waals surface area contributed by atoms with Crippen LogP contribution in [-0.4, -0.2) is 40.8 Å². The first-order valence-corrected chi connectivity index (χ1v) is 5.90. The minimum absolute atomic E-state index is 0.326. The second-order valence-electron chi connectivity index (χ2n) is 4.21. The Bertz CT molecular complexity index is 191. The highest BCUT2D eigenvalue weighted by Crippen LogP contribution is 2.29. The molecule has 1 aliphatic rings. The lowest BCUT2D eigenvalue weighted by molar-refractivity contribution is -0.119. The summed E-state index contributed by atoms with van der Waals surface area (Å²) in [7, 11) is 0. The van der Waals surface area contributed by atoms with Gasteiger partial charge in [-0.05, 0) is 13.8 Å². The first-order chi connectivity index (χ1) is 6.03. The van der Waals surface area contributed by atoms with Crippen LogP contribution < -0.4 is 0 Å². The molecule has 13 heavy (non-hydrogen) atoms. The number of carbonyl (C=O) groups is 1. The number of carbonyl (C=O) groups excluding carboxylic acids is 1. The number of ketones is 1. The van der Waals surface area contributed by atoms with E-state index in [4.69, 9.17) is 0 Å². The summed E-state index contributed by atoms with van der Waals surface area (Å²) in [5.41, 5.74) is 0. The highest BCUT2D eigenvalue weighted by molar-refractivity contribution is 8.00. The van der Waals surface area contributed by atoms with E-state index in [1.807, 2.05) is 18.7 Å². The smallest absolute Gasteiger partial charge is 0.146 e. The molecule has 0 radical (unpaired) electrons. The van der Waals surface area contributed by atoms with Gasteiger partial charge >= 0.3 is 0 Å². The van der Waals surface area contributed by atoms with E-state index in [0.29, 0.717) is 23.5 Å². The molecule has 0 aliphatic carbocycles. The molecular weight excluding hydrogens is 182 g/mol. The molecular formula is C10H19NOS. The van der Waals surface area contributed by atoms with Crippen molar-refractivity contribution in [3.8, 4) is 0 Å². The molecule has 0 atom stereocenters. The lowest BCUT2D eigenvalue weighted by Crippen LogP contribution is -2.45. The van der Waals surface area contributed by atoms with Crippen LogP contribution in [0.25, 0.3) is 0 Å². The third-order valence-corrected chi connectivity index (χ3v) is 3.60. The van der Waals surface area contributed by atoms with E-state index in [1.54, 1.807) is 0 Å². The van der Waals surface area contributed by atoms with E-state index in [2.05, 4.69) is 18.7 Å². The fraction of sp³-hybridized carbons (Fsp3) is 0.900. The monoisotopic (exact) mass is 201 g/mol. The van der Waals surface area contributed by atoms with Crippen molar-refractivity contribution in [1.29, 1.82) is 0 Å². The van der Waals surface area contributed by atoms with Gasteiger partial charge in [-0.15, -0.1) is 0 Å². The van der Waals surface area contributed by atoms with Crippen LogP contribution in [0.15, 0.2) is 0 Å². The van der Waals surface area contributed by atoms with Gasteiger partial charge in [-0.1, -0.05) is 6.92 Å². The van der Waals surface area contributed by atoms with E-state index in [1.165, 1.54) is 0 Å². The number of Topliss-reactive ketones (excluding diaryl/α,β-unsaturated/α-hetero) is 1. The number of rotatable bonds is 3. The second kappa shape index (κ2) is 4.47. The second-order valence-corrected chi connectivity index (χ2v) is 6.01. The SMILES string of the molecule is CCC(=O)CN1CCSC(C)(C)C1. The van der Waals surface area contributed by atoms with Crippen molar-refractivity contribution >= 4 is 17.5 Å². The quantitative estimate of drug-likeness (QED) is 0.694. The van der Waals surface area contributed by atoms with Crippen molar-refractivity contribution in [3.05, 3.63) is 0 Å². The minimum atomic E-state index is 0.326. The van der Waals surface area contributed by atoms with E-state index >= 15 is 0 Å². The third kappa shape index (κ3) is 3.69. The van der Waals surface area contributed by atoms with Gasteiger partial charge in [-0.25, -0.2) is 0 Å². The highest BCUT2D eigenvalue weighted by Gasteiger charge is 2.27. The summed E-state index contributed by atoms with van der Waals surface area (Å²) in [6.45, 7) is 9.20. The topological polar surface area (TPSA) is 20.3 Å². The van der Waals surface area contributed by atoms with Crippen molar-refractivity contribution in [2.24, 2.45) is 0 Å². The Labute approximate surface area is 85.1 Å². The zero-order valence-corrected chi connectivity index (χ0v) is 9.62. The van der Waals surface area contributed by atoms with Crippen LogP contribution in [0.1, 0.15) is 27.2 Å². The fourth-order valence-electron chi connectivity index (χ4n) is 1.61. The Morgan fingerprint density at radius 1 is 1.54 bits per heavy atom. The summed E-state index contributed by atoms with van der Waals surface area (Å²) in [4.78, 5) is 13.5. The van der Waals surface area contributed by atoms with E-state index in [-0.39, 0.29) is 0 Å². The first kappa shape index (κ1) is 11.1. The van der Waals surface area contributed by atoms with Gasteiger partial charge in [-0.3, -0.25) is 9.69 Å². The molecule has 0 aromatic rings. The van der Waals surface area contributed by atoms with E-state index in [0.717, 1.165) is 18.8 Å². The maximum Gasteiger partial charge on any atom is 0.146 e. The molecule has 0 saturated carbocycles. The Kier molecular flexibility index (Phi) is 3.80.